The minimum Gasteiger partial charge on any atom is -0.465 e. The number of hydrogen-bond acceptors (Lipinski definition) is 6. The molecule has 1 aliphatic heterocycles. The summed E-state index contributed by atoms with van der Waals surface area (Å²) >= 11 is 0. The lowest BCUT2D eigenvalue weighted by atomic mass is 9.88. The van der Waals surface area contributed by atoms with E-state index in [0.717, 1.165) is 0 Å². The van der Waals surface area contributed by atoms with Gasteiger partial charge >= 0.3 is 11.9 Å². The summed E-state index contributed by atoms with van der Waals surface area (Å²) in [7, 11) is 2.44. The van der Waals surface area contributed by atoms with Crippen LogP contribution in [0.25, 0.3) is 0 Å². The number of methoxy groups -OCH3 is 2. The lowest BCUT2D eigenvalue weighted by molar-refractivity contribution is -0.126. The summed E-state index contributed by atoms with van der Waals surface area (Å²) in [5, 5.41) is 5.21. The number of anilines is 1. The molecule has 1 aliphatic rings. The molecule has 1 heterocycles. The molecule has 1 aromatic rings. The van der Waals surface area contributed by atoms with Crippen LogP contribution in [0.3, 0.4) is 0 Å². The predicted molar refractivity (Wildman–Crippen MR) is 83.5 cm³/mol. The van der Waals surface area contributed by atoms with Crippen LogP contribution in [0.5, 0.6) is 0 Å². The summed E-state index contributed by atoms with van der Waals surface area (Å²) in [5.41, 5.74) is -0.549. The number of carbonyl (C=O) groups excluding carboxylic acids is 4. The highest BCUT2D eigenvalue weighted by atomic mass is 16.5. The minimum absolute atomic E-state index is 0.0447. The number of carbonyl (C=O) groups is 4. The van der Waals surface area contributed by atoms with Crippen molar-refractivity contribution in [3.05, 3.63) is 29.3 Å². The summed E-state index contributed by atoms with van der Waals surface area (Å²) in [6, 6.07) is 4.10. The first-order valence-corrected chi connectivity index (χ1v) is 7.19. The van der Waals surface area contributed by atoms with Crippen LogP contribution in [0.15, 0.2) is 18.2 Å². The number of amides is 2. The SMILES string of the molecule is COC(=O)c1ccc(C(=O)OC)c(NC(=O)C2(C)CNC(=O)C2)c1. The highest BCUT2D eigenvalue weighted by Gasteiger charge is 2.41. The third kappa shape index (κ3) is 3.37. The van der Waals surface area contributed by atoms with Crippen molar-refractivity contribution in [1.82, 2.24) is 5.32 Å². The van der Waals surface area contributed by atoms with E-state index in [2.05, 4.69) is 20.1 Å². The summed E-state index contributed by atoms with van der Waals surface area (Å²) < 4.78 is 9.31. The van der Waals surface area contributed by atoms with Crippen molar-refractivity contribution >= 4 is 29.4 Å². The van der Waals surface area contributed by atoms with Crippen molar-refractivity contribution in [2.45, 2.75) is 13.3 Å². The van der Waals surface area contributed by atoms with Gasteiger partial charge in [-0.3, -0.25) is 9.59 Å². The molecular weight excluding hydrogens is 316 g/mol. The van der Waals surface area contributed by atoms with Crippen LogP contribution in [0.1, 0.15) is 34.1 Å². The van der Waals surface area contributed by atoms with Crippen molar-refractivity contribution < 1.29 is 28.7 Å². The lowest BCUT2D eigenvalue weighted by Gasteiger charge is -2.21. The van der Waals surface area contributed by atoms with E-state index < -0.39 is 23.3 Å². The molecule has 2 N–H and O–H groups in total. The second kappa shape index (κ2) is 6.69. The molecule has 8 heteroatoms. The zero-order valence-corrected chi connectivity index (χ0v) is 13.6. The molecule has 0 spiro atoms. The second-order valence-electron chi connectivity index (χ2n) is 5.71. The average Bonchev–Trinajstić information content (AvgIpc) is 2.93. The molecule has 1 atom stereocenters. The Morgan fingerprint density at radius 1 is 1.17 bits per heavy atom. The van der Waals surface area contributed by atoms with Gasteiger partial charge in [0.05, 0.1) is 36.4 Å². The molecule has 24 heavy (non-hydrogen) atoms. The van der Waals surface area contributed by atoms with Gasteiger partial charge in [0.15, 0.2) is 0 Å². The molecule has 0 aliphatic carbocycles. The van der Waals surface area contributed by atoms with E-state index in [0.29, 0.717) is 0 Å². The fourth-order valence-electron chi connectivity index (χ4n) is 2.39. The third-order valence-electron chi connectivity index (χ3n) is 3.87. The highest BCUT2D eigenvalue weighted by Crippen LogP contribution is 2.28. The normalized spacial score (nSPS) is 19.4. The smallest absolute Gasteiger partial charge is 0.339 e. The van der Waals surface area contributed by atoms with Crippen molar-refractivity contribution in [2.24, 2.45) is 5.41 Å². The van der Waals surface area contributed by atoms with E-state index in [-0.39, 0.29) is 35.7 Å². The molecule has 1 saturated heterocycles. The number of hydrogen-bond donors (Lipinski definition) is 2. The van der Waals surface area contributed by atoms with Crippen LogP contribution in [0.4, 0.5) is 5.69 Å². The second-order valence-corrected chi connectivity index (χ2v) is 5.71. The van der Waals surface area contributed by atoms with Gasteiger partial charge in [0.1, 0.15) is 0 Å². The average molecular weight is 334 g/mol. The molecule has 0 aromatic heterocycles. The van der Waals surface area contributed by atoms with E-state index in [1.165, 1.54) is 32.4 Å². The number of esters is 2. The number of ether oxygens (including phenoxy) is 2. The van der Waals surface area contributed by atoms with Gasteiger partial charge in [0.2, 0.25) is 11.8 Å². The Morgan fingerprint density at radius 2 is 1.83 bits per heavy atom. The zero-order chi connectivity index (χ0) is 17.9. The fraction of sp³-hybridized carbons (Fsp3) is 0.375. The molecule has 1 aromatic carbocycles. The van der Waals surface area contributed by atoms with Crippen LogP contribution in [0, 0.1) is 5.41 Å². The molecule has 0 bridgehead atoms. The van der Waals surface area contributed by atoms with E-state index in [9.17, 15) is 19.2 Å². The summed E-state index contributed by atoms with van der Waals surface area (Å²) in [6.07, 6.45) is 0.0447. The quantitative estimate of drug-likeness (QED) is 0.785. The molecule has 2 rings (SSSR count). The van der Waals surface area contributed by atoms with Crippen molar-refractivity contribution in [3.63, 3.8) is 0 Å². The van der Waals surface area contributed by atoms with Gasteiger partial charge in [-0.05, 0) is 25.1 Å². The van der Waals surface area contributed by atoms with Gasteiger partial charge in [0.25, 0.3) is 0 Å². The van der Waals surface area contributed by atoms with E-state index in [1.807, 2.05) is 0 Å². The highest BCUT2D eigenvalue weighted by molar-refractivity contribution is 6.06. The zero-order valence-electron chi connectivity index (χ0n) is 13.6. The van der Waals surface area contributed by atoms with Gasteiger partial charge in [-0.1, -0.05) is 0 Å². The third-order valence-corrected chi connectivity index (χ3v) is 3.87. The molecule has 1 unspecified atom stereocenters. The maximum atomic E-state index is 12.5. The first-order chi connectivity index (χ1) is 11.3. The first-order valence-electron chi connectivity index (χ1n) is 7.19. The monoisotopic (exact) mass is 334 g/mol. The maximum Gasteiger partial charge on any atom is 0.339 e. The van der Waals surface area contributed by atoms with Crippen LogP contribution in [0.2, 0.25) is 0 Å². The largest absolute Gasteiger partial charge is 0.465 e. The first kappa shape index (κ1) is 17.5. The van der Waals surface area contributed by atoms with Gasteiger partial charge in [0, 0.05) is 13.0 Å². The molecule has 128 valence electrons. The van der Waals surface area contributed by atoms with Crippen LogP contribution >= 0.6 is 0 Å². The molecule has 0 saturated carbocycles. The Kier molecular flexibility index (Phi) is 4.87. The predicted octanol–water partition coefficient (Wildman–Crippen LogP) is 0.724. The topological polar surface area (TPSA) is 111 Å². The van der Waals surface area contributed by atoms with Crippen LogP contribution in [-0.4, -0.2) is 44.5 Å². The van der Waals surface area contributed by atoms with E-state index >= 15 is 0 Å². The standard InChI is InChI=1S/C16H18N2O6/c1-16(7-12(19)17-8-16)15(22)18-11-6-9(13(20)23-2)4-5-10(11)14(21)24-3/h4-6H,7-8H2,1-3H3,(H,17,19)(H,18,22). The molecule has 0 radical (unpaired) electrons. The van der Waals surface area contributed by atoms with Crippen molar-refractivity contribution in [2.75, 3.05) is 26.1 Å². The minimum atomic E-state index is -0.939. The molecule has 1 fully saturated rings. The molecule has 8 nitrogen and oxygen atoms in total. The van der Waals surface area contributed by atoms with Gasteiger partial charge in [-0.15, -0.1) is 0 Å². The summed E-state index contributed by atoms with van der Waals surface area (Å²) in [6.45, 7) is 1.84. The summed E-state index contributed by atoms with van der Waals surface area (Å²) in [4.78, 5) is 47.4. The van der Waals surface area contributed by atoms with Crippen LogP contribution < -0.4 is 10.6 Å². The van der Waals surface area contributed by atoms with Crippen LogP contribution in [-0.2, 0) is 19.1 Å². The number of benzene rings is 1. The Balaban J connectivity index is 2.35. The molecule has 2 amide bonds. The Morgan fingerprint density at radius 3 is 2.38 bits per heavy atom. The fourth-order valence-corrected chi connectivity index (χ4v) is 2.39. The Bertz CT molecular complexity index is 715. The van der Waals surface area contributed by atoms with Gasteiger partial charge in [-0.25, -0.2) is 9.59 Å². The number of rotatable bonds is 4. The molecular formula is C16H18N2O6. The summed E-state index contributed by atoms with van der Waals surface area (Å²) in [5.74, 6) is -1.92. The van der Waals surface area contributed by atoms with Crippen molar-refractivity contribution in [3.8, 4) is 0 Å². The Labute approximate surface area is 138 Å². The lowest BCUT2D eigenvalue weighted by Crippen LogP contribution is -2.35. The van der Waals surface area contributed by atoms with Gasteiger partial charge in [-0.2, -0.15) is 0 Å². The van der Waals surface area contributed by atoms with Crippen molar-refractivity contribution in [1.29, 1.82) is 0 Å². The Hall–Kier alpha value is -2.90. The maximum absolute atomic E-state index is 12.5. The number of nitrogens with one attached hydrogen (secondary N) is 2. The van der Waals surface area contributed by atoms with Gasteiger partial charge < -0.3 is 20.1 Å². The van der Waals surface area contributed by atoms with E-state index in [1.54, 1.807) is 6.92 Å². The van der Waals surface area contributed by atoms with E-state index in [4.69, 9.17) is 0 Å².